The van der Waals surface area contributed by atoms with Gasteiger partial charge < -0.3 is 25.7 Å². The Bertz CT molecular complexity index is 960. The molecule has 162 valence electrons. The van der Waals surface area contributed by atoms with E-state index < -0.39 is 0 Å². The summed E-state index contributed by atoms with van der Waals surface area (Å²) in [6, 6.07) is 8.61. The average Bonchev–Trinajstić information content (AvgIpc) is 2.72. The molecule has 30 heavy (non-hydrogen) atoms. The van der Waals surface area contributed by atoms with Crippen LogP contribution in [-0.2, 0) is 0 Å². The number of hydrazone groups is 1. The van der Waals surface area contributed by atoms with Gasteiger partial charge in [0.1, 0.15) is 17.2 Å². The van der Waals surface area contributed by atoms with Crippen molar-refractivity contribution >= 4 is 34.9 Å². The summed E-state index contributed by atoms with van der Waals surface area (Å²) in [5, 5.41) is 24.6. The van der Waals surface area contributed by atoms with Crippen molar-refractivity contribution in [2.24, 2.45) is 10.9 Å². The molecule has 0 fully saturated rings. The van der Waals surface area contributed by atoms with Crippen molar-refractivity contribution in [3.63, 3.8) is 0 Å². The molecule has 2 aromatic carbocycles. The minimum atomic E-state index is -0.107. The molecule has 0 radical (unpaired) electrons. The molecule has 0 saturated heterocycles. The van der Waals surface area contributed by atoms with Crippen LogP contribution in [0, 0.1) is 0 Å². The number of rotatable bonds is 7. The third-order valence-electron chi connectivity index (χ3n) is 4.97. The first-order chi connectivity index (χ1) is 14.2. The fourth-order valence-corrected chi connectivity index (χ4v) is 3.38. The second-order valence-electron chi connectivity index (χ2n) is 7.16. The zero-order valence-corrected chi connectivity index (χ0v) is 18.9. The van der Waals surface area contributed by atoms with Gasteiger partial charge in [-0.15, -0.1) is 12.6 Å². The number of amidine groups is 1. The van der Waals surface area contributed by atoms with Crippen molar-refractivity contribution in [1.29, 1.82) is 0 Å². The summed E-state index contributed by atoms with van der Waals surface area (Å²) in [6.45, 7) is 10.9. The maximum atomic E-state index is 10.5. The summed E-state index contributed by atoms with van der Waals surface area (Å²) < 4.78 is 5.48. The number of nitrogens with zero attached hydrogens (tertiary/aromatic N) is 3. The highest BCUT2D eigenvalue weighted by Gasteiger charge is 2.22. The van der Waals surface area contributed by atoms with Crippen LogP contribution in [0.3, 0.4) is 0 Å². The Labute approximate surface area is 183 Å². The van der Waals surface area contributed by atoms with E-state index in [1.165, 1.54) is 6.07 Å². The zero-order valence-electron chi connectivity index (χ0n) is 18.0. The third-order valence-corrected chi connectivity index (χ3v) is 5.28. The van der Waals surface area contributed by atoms with Gasteiger partial charge in [0.05, 0.1) is 24.2 Å². The van der Waals surface area contributed by atoms with Crippen LogP contribution in [0.5, 0.6) is 17.2 Å². The van der Waals surface area contributed by atoms with Gasteiger partial charge in [-0.05, 0) is 42.7 Å². The lowest BCUT2D eigenvalue weighted by molar-refractivity contribution is 0.415. The maximum absolute atomic E-state index is 10.5. The van der Waals surface area contributed by atoms with Crippen LogP contribution in [0.15, 0.2) is 42.0 Å². The van der Waals surface area contributed by atoms with Crippen LogP contribution >= 0.6 is 12.6 Å². The van der Waals surface area contributed by atoms with E-state index in [1.807, 2.05) is 50.9 Å². The van der Waals surface area contributed by atoms with E-state index in [9.17, 15) is 10.2 Å². The lowest BCUT2D eigenvalue weighted by Crippen LogP contribution is -2.27. The van der Waals surface area contributed by atoms with Gasteiger partial charge in [-0.1, -0.05) is 20.4 Å². The first-order valence-corrected chi connectivity index (χ1v) is 10.0. The predicted molar refractivity (Wildman–Crippen MR) is 128 cm³/mol. The summed E-state index contributed by atoms with van der Waals surface area (Å²) in [5.74, 6) is 6.23. The lowest BCUT2D eigenvalue weighted by Gasteiger charge is -2.28. The topological polar surface area (TPSA) is 94.5 Å². The summed E-state index contributed by atoms with van der Waals surface area (Å²) in [4.78, 5) is 3.67. The average molecular weight is 431 g/mol. The van der Waals surface area contributed by atoms with Gasteiger partial charge in [-0.2, -0.15) is 5.10 Å². The molecule has 0 amide bonds. The van der Waals surface area contributed by atoms with Crippen molar-refractivity contribution in [3.8, 4) is 17.2 Å². The quantitative estimate of drug-likeness (QED) is 0.172. The number of phenols is 2. The van der Waals surface area contributed by atoms with Crippen molar-refractivity contribution in [3.05, 3.63) is 48.0 Å². The molecule has 4 N–H and O–H groups in total. The van der Waals surface area contributed by atoms with Crippen molar-refractivity contribution in [2.45, 2.75) is 26.7 Å². The summed E-state index contributed by atoms with van der Waals surface area (Å²) in [5.41, 5.74) is 3.09. The van der Waals surface area contributed by atoms with Crippen LogP contribution < -0.4 is 20.4 Å². The molecule has 0 unspecified atom stereocenters. The Morgan fingerprint density at radius 3 is 2.43 bits per heavy atom. The smallest absolute Gasteiger partial charge is 0.188 e. The minimum Gasteiger partial charge on any atom is -0.508 e. The molecule has 0 heterocycles. The van der Waals surface area contributed by atoms with E-state index in [4.69, 9.17) is 10.6 Å². The lowest BCUT2D eigenvalue weighted by atomic mass is 9.97. The number of aromatic hydroxyl groups is 2. The molecule has 0 atom stereocenters. The van der Waals surface area contributed by atoms with Crippen molar-refractivity contribution in [1.82, 2.24) is 0 Å². The van der Waals surface area contributed by atoms with E-state index in [2.05, 4.69) is 24.3 Å². The van der Waals surface area contributed by atoms with Crippen LogP contribution in [-0.4, -0.2) is 36.1 Å². The number of ether oxygens (including phenoxy) is 1. The highest BCUT2D eigenvalue weighted by Crippen LogP contribution is 2.40. The minimum absolute atomic E-state index is 0.0282. The fraction of sp³-hybridized carbons (Fsp3) is 0.318. The van der Waals surface area contributed by atoms with Gasteiger partial charge in [0.25, 0.3) is 0 Å². The summed E-state index contributed by atoms with van der Waals surface area (Å²) >= 11 is 4.42. The molecule has 2 rings (SSSR count). The predicted octanol–water partition coefficient (Wildman–Crippen LogP) is 4.32. The standard InChI is InChI=1S/C22H30N4O3S/c1-7-25(5)18-10-15(8-9-21(18)29-6)26(22(30)24-23)14(4)17-11-16(13(2)3)19(27)12-20(17)28/h8-13,27-28H,4,7,23H2,1-3,5-6H3,(H,24,30). The second-order valence-corrected chi connectivity index (χ2v) is 7.56. The number of thiol groups is 1. The largest absolute Gasteiger partial charge is 0.508 e. The van der Waals surface area contributed by atoms with E-state index in [-0.39, 0.29) is 22.6 Å². The van der Waals surface area contributed by atoms with E-state index in [0.717, 1.165) is 12.2 Å². The number of methoxy groups -OCH3 is 1. The number of anilines is 2. The SMILES string of the molecule is C=C(c1cc(C(C)C)c(O)cc1O)N(/C(S)=N\N)c1ccc(OC)c(N(C)CC)c1. The van der Waals surface area contributed by atoms with Gasteiger partial charge in [0.15, 0.2) is 5.17 Å². The van der Waals surface area contributed by atoms with Crippen molar-refractivity contribution in [2.75, 3.05) is 30.5 Å². The summed E-state index contributed by atoms with van der Waals surface area (Å²) in [7, 11) is 3.58. The van der Waals surface area contributed by atoms with E-state index >= 15 is 0 Å². The third kappa shape index (κ3) is 4.59. The van der Waals surface area contributed by atoms with Gasteiger partial charge >= 0.3 is 0 Å². The first kappa shape index (κ1) is 23.3. The van der Waals surface area contributed by atoms with Gasteiger partial charge in [-0.25, -0.2) is 0 Å². The van der Waals surface area contributed by atoms with Gasteiger partial charge in [0.2, 0.25) is 0 Å². The first-order valence-electron chi connectivity index (χ1n) is 9.57. The molecular weight excluding hydrogens is 400 g/mol. The highest BCUT2D eigenvalue weighted by molar-refractivity contribution is 7.97. The molecule has 8 heteroatoms. The molecule has 0 aliphatic carbocycles. The number of nitrogens with two attached hydrogens (primary N) is 1. The van der Waals surface area contributed by atoms with Crippen LogP contribution in [0.25, 0.3) is 5.70 Å². The Hall–Kier alpha value is -3.00. The second kappa shape index (κ2) is 9.67. The Kier molecular flexibility index (Phi) is 7.50. The molecule has 0 aliphatic heterocycles. The number of hydrogen-bond donors (Lipinski definition) is 4. The molecule has 7 nitrogen and oxygen atoms in total. The fourth-order valence-electron chi connectivity index (χ4n) is 3.14. The number of hydrogen-bond acceptors (Lipinski definition) is 6. The molecule has 0 aliphatic rings. The van der Waals surface area contributed by atoms with Crippen LogP contribution in [0.1, 0.15) is 37.8 Å². The maximum Gasteiger partial charge on any atom is 0.188 e. The van der Waals surface area contributed by atoms with Crippen LogP contribution in [0.2, 0.25) is 0 Å². The monoisotopic (exact) mass is 430 g/mol. The highest BCUT2D eigenvalue weighted by atomic mass is 32.1. The Balaban J connectivity index is 2.65. The molecular formula is C22H30N4O3S. The van der Waals surface area contributed by atoms with Crippen LogP contribution in [0.4, 0.5) is 11.4 Å². The zero-order chi connectivity index (χ0) is 22.6. The van der Waals surface area contributed by atoms with Gasteiger partial charge in [0, 0.05) is 25.2 Å². The molecule has 2 aromatic rings. The Morgan fingerprint density at radius 2 is 1.90 bits per heavy atom. The molecule has 0 saturated carbocycles. The normalized spacial score (nSPS) is 11.5. The van der Waals surface area contributed by atoms with Crippen molar-refractivity contribution < 1.29 is 14.9 Å². The molecule has 0 aromatic heterocycles. The van der Waals surface area contributed by atoms with E-state index in [1.54, 1.807) is 18.1 Å². The molecule has 0 bridgehead atoms. The Morgan fingerprint density at radius 1 is 1.23 bits per heavy atom. The number of benzene rings is 2. The van der Waals surface area contributed by atoms with E-state index in [0.29, 0.717) is 28.3 Å². The molecule has 0 spiro atoms. The summed E-state index contributed by atoms with van der Waals surface area (Å²) in [6.07, 6.45) is 0. The van der Waals surface area contributed by atoms with Gasteiger partial charge in [-0.3, -0.25) is 4.90 Å². The number of phenolic OH excluding ortho intramolecular Hbond substituents is 2.